The minimum absolute atomic E-state index is 0.161. The molecule has 0 fully saturated rings. The molecule has 0 spiro atoms. The summed E-state index contributed by atoms with van der Waals surface area (Å²) in [5.41, 5.74) is 3.63. The molecule has 0 aliphatic heterocycles. The molecule has 0 aliphatic carbocycles. The molecule has 2 heterocycles. The van der Waals surface area contributed by atoms with Gasteiger partial charge in [0.1, 0.15) is 5.52 Å². The molecule has 1 N–H and O–H groups in total. The van der Waals surface area contributed by atoms with Gasteiger partial charge in [0.15, 0.2) is 5.65 Å². The van der Waals surface area contributed by atoms with Crippen LogP contribution in [0.5, 0.6) is 0 Å². The number of amides is 1. The third-order valence-electron chi connectivity index (χ3n) is 5.25. The normalized spacial score (nSPS) is 12.1. The zero-order chi connectivity index (χ0) is 23.4. The fraction of sp³-hybridized carbons (Fsp3) is 0.292. The monoisotopic (exact) mass is 463 g/mol. The van der Waals surface area contributed by atoms with Crippen LogP contribution in [0.25, 0.3) is 22.1 Å². The number of hydrogen-bond acceptors (Lipinski definition) is 7. The molecule has 0 aliphatic rings. The number of nitrogens with zero attached hydrogens (tertiary/aromatic N) is 4. The first kappa shape index (κ1) is 22.7. The fourth-order valence-corrected chi connectivity index (χ4v) is 4.45. The van der Waals surface area contributed by atoms with Crippen LogP contribution in [-0.2, 0) is 16.1 Å². The number of nitrogens with one attached hydrogen (secondary N) is 1. The standard InChI is InChI=1S/C24H25N5O3S/c1-4-19(22(30)25-16-13-11-15(12-14-16)23(31)32-6-3)33-24-26-21-20(27-28-24)17-9-7-8-10-18(17)29(21)5-2/h7-14,19H,4-6H2,1-3H3,(H,25,30)/t19-/m1/s1. The third kappa shape index (κ3) is 4.68. The van der Waals surface area contributed by atoms with Gasteiger partial charge in [0.2, 0.25) is 11.1 Å². The van der Waals surface area contributed by atoms with Crippen molar-refractivity contribution in [3.63, 3.8) is 0 Å². The van der Waals surface area contributed by atoms with Crippen molar-refractivity contribution in [3.8, 4) is 0 Å². The summed E-state index contributed by atoms with van der Waals surface area (Å²) in [5, 5.41) is 12.7. The molecule has 0 radical (unpaired) electrons. The van der Waals surface area contributed by atoms with E-state index in [-0.39, 0.29) is 11.9 Å². The lowest BCUT2D eigenvalue weighted by Gasteiger charge is -2.14. The van der Waals surface area contributed by atoms with E-state index in [4.69, 9.17) is 9.72 Å². The molecule has 0 unspecified atom stereocenters. The van der Waals surface area contributed by atoms with Crippen LogP contribution in [0.1, 0.15) is 37.6 Å². The topological polar surface area (TPSA) is 99.0 Å². The van der Waals surface area contributed by atoms with Gasteiger partial charge >= 0.3 is 5.97 Å². The molecule has 0 saturated carbocycles. The molecule has 2 aromatic carbocycles. The highest BCUT2D eigenvalue weighted by molar-refractivity contribution is 8.00. The predicted octanol–water partition coefficient (Wildman–Crippen LogP) is 4.69. The second-order valence-electron chi connectivity index (χ2n) is 7.33. The molecule has 1 amide bonds. The summed E-state index contributed by atoms with van der Waals surface area (Å²) >= 11 is 1.29. The van der Waals surface area contributed by atoms with E-state index in [9.17, 15) is 9.59 Å². The molecule has 170 valence electrons. The van der Waals surface area contributed by atoms with Crippen LogP contribution in [0, 0.1) is 0 Å². The van der Waals surface area contributed by atoms with Crippen molar-refractivity contribution in [1.29, 1.82) is 0 Å². The van der Waals surface area contributed by atoms with Gasteiger partial charge in [-0.25, -0.2) is 9.78 Å². The van der Waals surface area contributed by atoms with Gasteiger partial charge in [-0.05, 0) is 50.6 Å². The molecule has 9 heteroatoms. The maximum atomic E-state index is 12.9. The molecule has 33 heavy (non-hydrogen) atoms. The Morgan fingerprint density at radius 2 is 1.82 bits per heavy atom. The maximum absolute atomic E-state index is 12.9. The Kier molecular flexibility index (Phi) is 6.88. The fourth-order valence-electron chi connectivity index (χ4n) is 3.64. The summed E-state index contributed by atoms with van der Waals surface area (Å²) in [6, 6.07) is 14.7. The second-order valence-corrected chi connectivity index (χ2v) is 8.50. The lowest BCUT2D eigenvalue weighted by atomic mass is 10.2. The van der Waals surface area contributed by atoms with Gasteiger partial charge in [-0.15, -0.1) is 10.2 Å². The highest BCUT2D eigenvalue weighted by Crippen LogP contribution is 2.29. The summed E-state index contributed by atoms with van der Waals surface area (Å²) in [6.07, 6.45) is 0.593. The van der Waals surface area contributed by atoms with Gasteiger partial charge in [-0.1, -0.05) is 36.9 Å². The Hall–Kier alpha value is -3.46. The van der Waals surface area contributed by atoms with Crippen LogP contribution in [0.15, 0.2) is 53.7 Å². The number of hydrogen-bond donors (Lipinski definition) is 1. The van der Waals surface area contributed by atoms with Crippen LogP contribution in [-0.4, -0.2) is 43.5 Å². The van der Waals surface area contributed by atoms with Crippen LogP contribution in [0.4, 0.5) is 5.69 Å². The summed E-state index contributed by atoms with van der Waals surface area (Å²) in [7, 11) is 0. The smallest absolute Gasteiger partial charge is 0.338 e. The lowest BCUT2D eigenvalue weighted by molar-refractivity contribution is -0.115. The second kappa shape index (κ2) is 9.99. The first-order chi connectivity index (χ1) is 16.0. The quantitative estimate of drug-likeness (QED) is 0.299. The first-order valence-electron chi connectivity index (χ1n) is 10.9. The van der Waals surface area contributed by atoms with E-state index in [1.807, 2.05) is 31.2 Å². The maximum Gasteiger partial charge on any atom is 0.338 e. The van der Waals surface area contributed by atoms with Crippen molar-refractivity contribution in [2.45, 2.75) is 44.1 Å². The van der Waals surface area contributed by atoms with E-state index >= 15 is 0 Å². The predicted molar refractivity (Wildman–Crippen MR) is 129 cm³/mol. The number of anilines is 1. The molecule has 4 aromatic rings. The average Bonchev–Trinajstić information content (AvgIpc) is 3.15. The highest BCUT2D eigenvalue weighted by Gasteiger charge is 2.21. The van der Waals surface area contributed by atoms with Crippen molar-refractivity contribution in [1.82, 2.24) is 19.7 Å². The Morgan fingerprint density at radius 3 is 2.52 bits per heavy atom. The number of carbonyl (C=O) groups excluding carboxylic acids is 2. The molecule has 0 saturated heterocycles. The van der Waals surface area contributed by atoms with E-state index < -0.39 is 5.25 Å². The van der Waals surface area contributed by atoms with Crippen molar-refractivity contribution in [2.75, 3.05) is 11.9 Å². The first-order valence-corrected chi connectivity index (χ1v) is 11.8. The Bertz CT molecular complexity index is 1300. The van der Waals surface area contributed by atoms with Crippen molar-refractivity contribution < 1.29 is 14.3 Å². The van der Waals surface area contributed by atoms with Gasteiger partial charge in [0, 0.05) is 17.6 Å². The number of aromatic nitrogens is 4. The van der Waals surface area contributed by atoms with Crippen molar-refractivity contribution in [2.24, 2.45) is 0 Å². The minimum Gasteiger partial charge on any atom is -0.462 e. The lowest BCUT2D eigenvalue weighted by Crippen LogP contribution is -2.25. The van der Waals surface area contributed by atoms with Gasteiger partial charge in [0.05, 0.1) is 22.9 Å². The zero-order valence-corrected chi connectivity index (χ0v) is 19.6. The Morgan fingerprint density at radius 1 is 1.06 bits per heavy atom. The SMILES string of the molecule is CCOC(=O)c1ccc(NC(=O)[C@@H](CC)Sc2nnc3c4ccccc4n(CC)c3n2)cc1. The number of rotatable bonds is 8. The zero-order valence-electron chi connectivity index (χ0n) is 18.7. The number of esters is 1. The molecule has 4 rings (SSSR count). The highest BCUT2D eigenvalue weighted by atomic mass is 32.2. The number of carbonyl (C=O) groups is 2. The molecule has 8 nitrogen and oxygen atoms in total. The number of fused-ring (bicyclic) bond motifs is 3. The Labute approximate surface area is 195 Å². The summed E-state index contributed by atoms with van der Waals surface area (Å²) in [5.74, 6) is -0.548. The van der Waals surface area contributed by atoms with Gasteiger partial charge in [0.25, 0.3) is 0 Å². The minimum atomic E-state index is -0.395. The van der Waals surface area contributed by atoms with Crippen molar-refractivity contribution in [3.05, 3.63) is 54.1 Å². The molecular weight excluding hydrogens is 438 g/mol. The number of para-hydroxylation sites is 1. The number of benzene rings is 2. The molecular formula is C24H25N5O3S. The van der Waals surface area contributed by atoms with Crippen LogP contribution in [0.2, 0.25) is 0 Å². The molecule has 1 atom stereocenters. The van der Waals surface area contributed by atoms with Gasteiger partial charge in [-0.2, -0.15) is 0 Å². The summed E-state index contributed by atoms with van der Waals surface area (Å²) in [4.78, 5) is 29.4. The molecule has 0 bridgehead atoms. The van der Waals surface area contributed by atoms with Crippen molar-refractivity contribution >= 4 is 51.4 Å². The number of ether oxygens (including phenoxy) is 1. The van der Waals surface area contributed by atoms with E-state index in [0.29, 0.717) is 29.4 Å². The summed E-state index contributed by atoms with van der Waals surface area (Å²) < 4.78 is 7.09. The van der Waals surface area contributed by atoms with E-state index in [1.54, 1.807) is 31.2 Å². The van der Waals surface area contributed by atoms with Gasteiger partial charge < -0.3 is 14.6 Å². The number of aryl methyl sites for hydroxylation is 1. The van der Waals surface area contributed by atoms with E-state index in [2.05, 4.69) is 27.0 Å². The van der Waals surface area contributed by atoms with E-state index in [1.165, 1.54) is 11.8 Å². The van der Waals surface area contributed by atoms with Crippen LogP contribution < -0.4 is 5.32 Å². The van der Waals surface area contributed by atoms with Crippen LogP contribution in [0.3, 0.4) is 0 Å². The largest absolute Gasteiger partial charge is 0.462 e. The third-order valence-corrected chi connectivity index (χ3v) is 6.46. The van der Waals surface area contributed by atoms with E-state index in [0.717, 1.165) is 28.6 Å². The number of thioether (sulfide) groups is 1. The average molecular weight is 464 g/mol. The van der Waals surface area contributed by atoms with Gasteiger partial charge in [-0.3, -0.25) is 4.79 Å². The van der Waals surface area contributed by atoms with Crippen LogP contribution >= 0.6 is 11.8 Å². The summed E-state index contributed by atoms with van der Waals surface area (Å²) in [6.45, 7) is 6.83. The Balaban J connectivity index is 1.52. The molecule has 2 aromatic heterocycles.